The molecule has 2 aromatic carbocycles. The number of likely N-dealkylation sites (tertiary alicyclic amines) is 1. The van der Waals surface area contributed by atoms with E-state index in [1.807, 2.05) is 18.2 Å². The molecule has 0 spiro atoms. The highest BCUT2D eigenvalue weighted by atomic mass is 16.5. The zero-order chi connectivity index (χ0) is 25.1. The van der Waals surface area contributed by atoms with Crippen LogP contribution in [0.2, 0.25) is 0 Å². The largest absolute Gasteiger partial charge is 0.497 e. The molecule has 3 aromatic rings. The molecule has 2 aliphatic rings. The normalized spacial score (nSPS) is 19.8. The van der Waals surface area contributed by atoms with Gasteiger partial charge in [0.15, 0.2) is 0 Å². The van der Waals surface area contributed by atoms with Gasteiger partial charge in [0, 0.05) is 45.3 Å². The smallest absolute Gasteiger partial charge is 0.227 e. The van der Waals surface area contributed by atoms with Crippen LogP contribution in [0.25, 0.3) is 11.0 Å². The van der Waals surface area contributed by atoms with Crippen molar-refractivity contribution in [1.82, 2.24) is 24.3 Å². The van der Waals surface area contributed by atoms with Crippen molar-refractivity contribution in [2.45, 2.75) is 45.8 Å². The molecule has 2 fully saturated rings. The van der Waals surface area contributed by atoms with E-state index in [4.69, 9.17) is 9.72 Å². The minimum absolute atomic E-state index is 0.0868. The number of hydrogen-bond donors (Lipinski definition) is 0. The number of carbonyl (C=O) groups is 1. The van der Waals surface area contributed by atoms with E-state index < -0.39 is 0 Å². The third kappa shape index (κ3) is 5.42. The molecule has 0 saturated carbocycles. The average Bonchev–Trinajstić information content (AvgIpc) is 3.25. The van der Waals surface area contributed by atoms with E-state index in [1.165, 1.54) is 5.56 Å². The Morgan fingerprint density at radius 1 is 1.00 bits per heavy atom. The van der Waals surface area contributed by atoms with E-state index in [0.717, 1.165) is 87.8 Å². The SMILES string of the molecule is COc1ccc(Cn2c(CN3CCC[C@H](C(=O)N4CCN(C(C)C)CC4)C3)nc3ccccc32)cc1. The van der Waals surface area contributed by atoms with E-state index >= 15 is 0 Å². The molecule has 5 rings (SSSR count). The van der Waals surface area contributed by atoms with Crippen molar-refractivity contribution in [1.29, 1.82) is 0 Å². The monoisotopic (exact) mass is 489 g/mol. The third-order valence-corrected chi connectivity index (χ3v) is 7.81. The molecule has 2 aliphatic heterocycles. The molecule has 7 nitrogen and oxygen atoms in total. The van der Waals surface area contributed by atoms with Gasteiger partial charge in [-0.05, 0) is 63.1 Å². The van der Waals surface area contributed by atoms with Crippen molar-refractivity contribution in [2.75, 3.05) is 46.4 Å². The molecule has 1 atom stereocenters. The molecular formula is C29H39N5O2. The summed E-state index contributed by atoms with van der Waals surface area (Å²) in [6, 6.07) is 17.2. The average molecular weight is 490 g/mol. The van der Waals surface area contributed by atoms with Crippen LogP contribution in [-0.4, -0.2) is 82.6 Å². The molecule has 36 heavy (non-hydrogen) atoms. The van der Waals surface area contributed by atoms with Gasteiger partial charge < -0.3 is 14.2 Å². The standard InChI is InChI=1S/C29H39N5O2/c1-22(2)32-15-17-33(18-16-32)29(35)24-7-6-14-31(20-24)21-28-30-26-8-4-5-9-27(26)34(28)19-23-10-12-25(36-3)13-11-23/h4-5,8-13,22,24H,6-7,14-21H2,1-3H3/t24-/m0/s1. The van der Waals surface area contributed by atoms with Crippen molar-refractivity contribution < 1.29 is 9.53 Å². The summed E-state index contributed by atoms with van der Waals surface area (Å²) < 4.78 is 7.66. The molecule has 192 valence electrons. The molecule has 1 aromatic heterocycles. The first-order chi connectivity index (χ1) is 17.5. The number of benzene rings is 2. The topological polar surface area (TPSA) is 53.8 Å². The maximum Gasteiger partial charge on any atom is 0.227 e. The maximum atomic E-state index is 13.4. The van der Waals surface area contributed by atoms with Crippen molar-refractivity contribution >= 4 is 16.9 Å². The van der Waals surface area contributed by atoms with Crippen LogP contribution in [0, 0.1) is 5.92 Å². The van der Waals surface area contributed by atoms with Gasteiger partial charge in [-0.2, -0.15) is 0 Å². The first kappa shape index (κ1) is 24.8. The highest BCUT2D eigenvalue weighted by Gasteiger charge is 2.32. The number of para-hydroxylation sites is 2. The molecule has 3 heterocycles. The molecule has 2 saturated heterocycles. The van der Waals surface area contributed by atoms with E-state index in [1.54, 1.807) is 7.11 Å². The number of aromatic nitrogens is 2. The van der Waals surface area contributed by atoms with Gasteiger partial charge in [0.1, 0.15) is 11.6 Å². The predicted octanol–water partition coefficient (Wildman–Crippen LogP) is 3.86. The number of carbonyl (C=O) groups excluding carboxylic acids is 1. The van der Waals surface area contributed by atoms with E-state index in [-0.39, 0.29) is 5.92 Å². The van der Waals surface area contributed by atoms with Crippen LogP contribution in [0.1, 0.15) is 38.1 Å². The highest BCUT2D eigenvalue weighted by Crippen LogP contribution is 2.24. The van der Waals surface area contributed by atoms with Gasteiger partial charge >= 0.3 is 0 Å². The Morgan fingerprint density at radius 2 is 1.75 bits per heavy atom. The van der Waals surface area contributed by atoms with E-state index in [0.29, 0.717) is 11.9 Å². The lowest BCUT2D eigenvalue weighted by atomic mass is 9.96. The van der Waals surface area contributed by atoms with Crippen molar-refractivity contribution in [3.05, 3.63) is 59.9 Å². The first-order valence-corrected chi connectivity index (χ1v) is 13.3. The van der Waals surface area contributed by atoms with Crippen LogP contribution in [-0.2, 0) is 17.9 Å². The summed E-state index contributed by atoms with van der Waals surface area (Å²) in [5, 5.41) is 0. The maximum absolute atomic E-state index is 13.4. The van der Waals surface area contributed by atoms with Gasteiger partial charge in [-0.25, -0.2) is 4.98 Å². The zero-order valence-corrected chi connectivity index (χ0v) is 21.9. The summed E-state index contributed by atoms with van der Waals surface area (Å²) in [5.74, 6) is 2.35. The summed E-state index contributed by atoms with van der Waals surface area (Å²) in [4.78, 5) is 25.4. The lowest BCUT2D eigenvalue weighted by Gasteiger charge is -2.40. The summed E-state index contributed by atoms with van der Waals surface area (Å²) in [6.07, 6.45) is 2.04. The van der Waals surface area contributed by atoms with Crippen molar-refractivity contribution in [3.63, 3.8) is 0 Å². The van der Waals surface area contributed by atoms with Gasteiger partial charge in [-0.3, -0.25) is 14.6 Å². The van der Waals surface area contributed by atoms with Gasteiger partial charge in [0.25, 0.3) is 0 Å². The minimum atomic E-state index is 0.0868. The molecule has 7 heteroatoms. The summed E-state index contributed by atoms with van der Waals surface area (Å²) in [7, 11) is 1.69. The number of hydrogen-bond acceptors (Lipinski definition) is 5. The highest BCUT2D eigenvalue weighted by molar-refractivity contribution is 5.79. The number of amides is 1. The Labute approximate surface area is 214 Å². The Kier molecular flexibility index (Phi) is 7.58. The fourth-order valence-corrected chi connectivity index (χ4v) is 5.65. The Hall–Kier alpha value is -2.90. The second-order valence-corrected chi connectivity index (χ2v) is 10.5. The zero-order valence-electron chi connectivity index (χ0n) is 21.9. The Bertz CT molecular complexity index is 1160. The number of piperidine rings is 1. The molecule has 0 radical (unpaired) electrons. The molecule has 0 aliphatic carbocycles. The second-order valence-electron chi connectivity index (χ2n) is 10.5. The van der Waals surface area contributed by atoms with Crippen molar-refractivity contribution in [3.8, 4) is 5.75 Å². The van der Waals surface area contributed by atoms with Crippen LogP contribution in [0.15, 0.2) is 48.5 Å². The third-order valence-electron chi connectivity index (χ3n) is 7.81. The molecule has 1 amide bonds. The summed E-state index contributed by atoms with van der Waals surface area (Å²) in [5.41, 5.74) is 3.39. The van der Waals surface area contributed by atoms with Gasteiger partial charge in [-0.1, -0.05) is 24.3 Å². The Morgan fingerprint density at radius 3 is 2.47 bits per heavy atom. The summed E-state index contributed by atoms with van der Waals surface area (Å²) >= 11 is 0. The number of fused-ring (bicyclic) bond motifs is 1. The van der Waals surface area contributed by atoms with E-state index in [2.05, 4.69) is 63.4 Å². The quantitative estimate of drug-likeness (QED) is 0.505. The van der Waals surface area contributed by atoms with Crippen LogP contribution < -0.4 is 4.74 Å². The summed E-state index contributed by atoms with van der Waals surface area (Å²) in [6.45, 7) is 11.5. The van der Waals surface area contributed by atoms with Gasteiger partial charge in [-0.15, -0.1) is 0 Å². The first-order valence-electron chi connectivity index (χ1n) is 13.3. The molecule has 0 unspecified atom stereocenters. The number of nitrogens with zero attached hydrogens (tertiary/aromatic N) is 5. The Balaban J connectivity index is 1.29. The van der Waals surface area contributed by atoms with Gasteiger partial charge in [0.2, 0.25) is 5.91 Å². The predicted molar refractivity (Wildman–Crippen MR) is 143 cm³/mol. The van der Waals surface area contributed by atoms with Crippen LogP contribution in [0.5, 0.6) is 5.75 Å². The fraction of sp³-hybridized carbons (Fsp3) is 0.517. The number of imidazole rings is 1. The van der Waals surface area contributed by atoms with Crippen LogP contribution >= 0.6 is 0 Å². The molecule has 0 bridgehead atoms. The molecule has 0 N–H and O–H groups in total. The fourth-order valence-electron chi connectivity index (χ4n) is 5.65. The van der Waals surface area contributed by atoms with Crippen LogP contribution in [0.3, 0.4) is 0 Å². The van der Waals surface area contributed by atoms with Crippen molar-refractivity contribution in [2.24, 2.45) is 5.92 Å². The number of piperazine rings is 1. The molecular weight excluding hydrogens is 450 g/mol. The minimum Gasteiger partial charge on any atom is -0.497 e. The van der Waals surface area contributed by atoms with Gasteiger partial charge in [0.05, 0.1) is 30.6 Å². The van der Waals surface area contributed by atoms with Crippen LogP contribution in [0.4, 0.5) is 0 Å². The number of ether oxygens (including phenoxy) is 1. The van der Waals surface area contributed by atoms with E-state index in [9.17, 15) is 4.79 Å². The lowest BCUT2D eigenvalue weighted by Crippen LogP contribution is -2.53. The number of methoxy groups -OCH3 is 1. The second kappa shape index (κ2) is 11.0. The number of rotatable bonds is 7. The lowest BCUT2D eigenvalue weighted by molar-refractivity contribution is -0.139.